The van der Waals surface area contributed by atoms with Crippen LogP contribution in [0.4, 0.5) is 4.79 Å². The second kappa shape index (κ2) is 13.8. The number of aliphatic hydroxyl groups is 1. The minimum absolute atomic E-state index is 0.0744. The summed E-state index contributed by atoms with van der Waals surface area (Å²) in [5.41, 5.74) is -0.185. The highest BCUT2D eigenvalue weighted by atomic mass is 16.5. The van der Waals surface area contributed by atoms with Gasteiger partial charge in [-0.15, -0.1) is 0 Å². The van der Waals surface area contributed by atoms with Gasteiger partial charge in [-0.1, -0.05) is 81.5 Å². The Morgan fingerprint density at radius 2 is 1.77 bits per heavy atom. The van der Waals surface area contributed by atoms with Gasteiger partial charge in [-0.05, 0) is 32.8 Å². The van der Waals surface area contributed by atoms with Crippen molar-refractivity contribution >= 4 is 12.0 Å². The Bertz CT molecular complexity index is 656. The predicted octanol–water partition coefficient (Wildman–Crippen LogP) is 4.47. The van der Waals surface area contributed by atoms with Gasteiger partial charge in [0, 0.05) is 6.04 Å². The molecule has 0 saturated heterocycles. The molecule has 0 spiro atoms. The SMILES string of the molecule is CCCCCCCC(C)(O)C=CC(NC(=O)OCc1ccccc1)C(=O)NC(C)C. The van der Waals surface area contributed by atoms with Crippen LogP contribution in [0.15, 0.2) is 42.5 Å². The molecule has 0 bridgehead atoms. The summed E-state index contributed by atoms with van der Waals surface area (Å²) in [5, 5.41) is 16.0. The van der Waals surface area contributed by atoms with Gasteiger partial charge in [-0.25, -0.2) is 4.79 Å². The number of alkyl carbamates (subject to hydrolysis) is 1. The van der Waals surface area contributed by atoms with Crippen molar-refractivity contribution in [2.75, 3.05) is 0 Å². The lowest BCUT2D eigenvalue weighted by atomic mass is 9.96. The number of unbranched alkanes of at least 4 members (excludes halogenated alkanes) is 4. The molecule has 1 aromatic rings. The van der Waals surface area contributed by atoms with E-state index in [2.05, 4.69) is 17.6 Å². The average molecular weight is 419 g/mol. The molecule has 6 heteroatoms. The van der Waals surface area contributed by atoms with Gasteiger partial charge >= 0.3 is 6.09 Å². The van der Waals surface area contributed by atoms with Crippen LogP contribution in [0.5, 0.6) is 0 Å². The van der Waals surface area contributed by atoms with E-state index in [1.807, 2.05) is 44.2 Å². The summed E-state index contributed by atoms with van der Waals surface area (Å²) in [4.78, 5) is 24.7. The minimum atomic E-state index is -1.04. The van der Waals surface area contributed by atoms with Gasteiger partial charge in [0.25, 0.3) is 0 Å². The second-order valence-corrected chi connectivity index (χ2v) is 8.23. The van der Waals surface area contributed by atoms with E-state index < -0.39 is 17.7 Å². The minimum Gasteiger partial charge on any atom is -0.445 e. The van der Waals surface area contributed by atoms with Gasteiger partial charge in [0.05, 0.1) is 5.60 Å². The van der Waals surface area contributed by atoms with Gasteiger partial charge in [-0.2, -0.15) is 0 Å². The maximum absolute atomic E-state index is 12.5. The van der Waals surface area contributed by atoms with Crippen LogP contribution >= 0.6 is 0 Å². The van der Waals surface area contributed by atoms with E-state index >= 15 is 0 Å². The lowest BCUT2D eigenvalue weighted by molar-refractivity contribution is -0.122. The lowest BCUT2D eigenvalue weighted by Gasteiger charge is -2.21. The Morgan fingerprint density at radius 1 is 1.10 bits per heavy atom. The zero-order chi connectivity index (χ0) is 22.4. The van der Waals surface area contributed by atoms with Crippen LogP contribution in [0.2, 0.25) is 0 Å². The maximum atomic E-state index is 12.5. The molecule has 1 aromatic carbocycles. The van der Waals surface area contributed by atoms with E-state index in [4.69, 9.17) is 4.74 Å². The largest absolute Gasteiger partial charge is 0.445 e. The first-order valence-electron chi connectivity index (χ1n) is 10.9. The van der Waals surface area contributed by atoms with Crippen LogP contribution in [0.1, 0.15) is 71.8 Å². The van der Waals surface area contributed by atoms with Crippen molar-refractivity contribution in [3.63, 3.8) is 0 Å². The molecule has 0 aliphatic carbocycles. The van der Waals surface area contributed by atoms with Crippen molar-refractivity contribution in [2.24, 2.45) is 0 Å². The Kier molecular flexibility index (Phi) is 11.8. The highest BCUT2D eigenvalue weighted by Crippen LogP contribution is 2.17. The fourth-order valence-corrected chi connectivity index (χ4v) is 2.94. The van der Waals surface area contributed by atoms with E-state index in [1.165, 1.54) is 18.9 Å². The monoisotopic (exact) mass is 418 g/mol. The van der Waals surface area contributed by atoms with Crippen molar-refractivity contribution in [2.45, 2.75) is 90.5 Å². The van der Waals surface area contributed by atoms with Crippen molar-refractivity contribution in [3.05, 3.63) is 48.0 Å². The standard InChI is InChI=1S/C24H38N2O4/c1-5-6-7-8-12-16-24(4,29)17-15-21(22(27)25-19(2)3)26-23(28)30-18-20-13-10-9-11-14-20/h9-11,13-15,17,19,21,29H,5-8,12,16,18H2,1-4H3,(H,25,27)(H,26,28). The van der Waals surface area contributed by atoms with Crippen molar-refractivity contribution in [3.8, 4) is 0 Å². The molecule has 2 unspecified atom stereocenters. The second-order valence-electron chi connectivity index (χ2n) is 8.23. The van der Waals surface area contributed by atoms with E-state index in [0.29, 0.717) is 6.42 Å². The fraction of sp³-hybridized carbons (Fsp3) is 0.583. The number of carbonyl (C=O) groups excluding carboxylic acids is 2. The normalized spacial score (nSPS) is 14.3. The molecular formula is C24H38N2O4. The zero-order valence-corrected chi connectivity index (χ0v) is 18.8. The molecule has 0 saturated carbocycles. The van der Waals surface area contributed by atoms with Crippen molar-refractivity contribution in [1.82, 2.24) is 10.6 Å². The third kappa shape index (κ3) is 11.6. The first kappa shape index (κ1) is 25.7. The maximum Gasteiger partial charge on any atom is 0.408 e. The average Bonchev–Trinajstić information content (AvgIpc) is 2.69. The molecule has 2 atom stereocenters. The predicted molar refractivity (Wildman–Crippen MR) is 120 cm³/mol. The highest BCUT2D eigenvalue weighted by Gasteiger charge is 2.22. The molecule has 30 heavy (non-hydrogen) atoms. The van der Waals surface area contributed by atoms with Crippen LogP contribution in [0, 0.1) is 0 Å². The van der Waals surface area contributed by atoms with Crippen LogP contribution in [0.3, 0.4) is 0 Å². The van der Waals surface area contributed by atoms with E-state index in [1.54, 1.807) is 13.0 Å². The zero-order valence-electron chi connectivity index (χ0n) is 18.8. The molecule has 1 rings (SSSR count). The van der Waals surface area contributed by atoms with Crippen LogP contribution in [-0.4, -0.2) is 34.8 Å². The van der Waals surface area contributed by atoms with E-state index in [9.17, 15) is 14.7 Å². The molecule has 0 aromatic heterocycles. The Balaban J connectivity index is 2.66. The summed E-state index contributed by atoms with van der Waals surface area (Å²) >= 11 is 0. The summed E-state index contributed by atoms with van der Waals surface area (Å²) in [5.74, 6) is -0.350. The fourth-order valence-electron chi connectivity index (χ4n) is 2.94. The molecule has 0 heterocycles. The number of carbonyl (C=O) groups is 2. The third-order valence-corrected chi connectivity index (χ3v) is 4.63. The first-order chi connectivity index (χ1) is 14.2. The number of hydrogen-bond donors (Lipinski definition) is 3. The number of nitrogens with one attached hydrogen (secondary N) is 2. The molecular weight excluding hydrogens is 380 g/mol. The summed E-state index contributed by atoms with van der Waals surface area (Å²) in [6.07, 6.45) is 8.55. The van der Waals surface area contributed by atoms with Crippen molar-refractivity contribution in [1.29, 1.82) is 0 Å². The third-order valence-electron chi connectivity index (χ3n) is 4.63. The number of ether oxygens (including phenoxy) is 1. The summed E-state index contributed by atoms with van der Waals surface area (Å²) in [6.45, 7) is 7.69. The smallest absolute Gasteiger partial charge is 0.408 e. The topological polar surface area (TPSA) is 87.7 Å². The summed E-state index contributed by atoms with van der Waals surface area (Å²) in [7, 11) is 0. The first-order valence-corrected chi connectivity index (χ1v) is 10.9. The molecule has 6 nitrogen and oxygen atoms in total. The van der Waals surface area contributed by atoms with Gasteiger partial charge in [0.1, 0.15) is 12.6 Å². The number of rotatable bonds is 13. The summed E-state index contributed by atoms with van der Waals surface area (Å²) < 4.78 is 5.22. The highest BCUT2D eigenvalue weighted by molar-refractivity contribution is 5.87. The Labute approximate surface area is 181 Å². The molecule has 0 aliphatic rings. The quantitative estimate of drug-likeness (QED) is 0.326. The lowest BCUT2D eigenvalue weighted by Crippen LogP contribution is -2.47. The van der Waals surface area contributed by atoms with E-state index in [-0.39, 0.29) is 18.6 Å². The van der Waals surface area contributed by atoms with Crippen LogP contribution in [-0.2, 0) is 16.1 Å². The van der Waals surface area contributed by atoms with Gasteiger partial charge in [0.2, 0.25) is 5.91 Å². The molecule has 3 N–H and O–H groups in total. The number of hydrogen-bond acceptors (Lipinski definition) is 4. The molecule has 0 aliphatic heterocycles. The Hall–Kier alpha value is -2.34. The van der Waals surface area contributed by atoms with Gasteiger partial charge < -0.3 is 20.5 Å². The molecule has 168 valence electrons. The number of benzene rings is 1. The van der Waals surface area contributed by atoms with Crippen LogP contribution in [0.25, 0.3) is 0 Å². The molecule has 0 fully saturated rings. The van der Waals surface area contributed by atoms with Gasteiger partial charge in [0.15, 0.2) is 0 Å². The Morgan fingerprint density at radius 3 is 2.40 bits per heavy atom. The van der Waals surface area contributed by atoms with Crippen LogP contribution < -0.4 is 10.6 Å². The molecule has 2 amide bonds. The molecule has 0 radical (unpaired) electrons. The van der Waals surface area contributed by atoms with Gasteiger partial charge in [-0.3, -0.25) is 4.79 Å². The van der Waals surface area contributed by atoms with E-state index in [0.717, 1.165) is 24.8 Å². The summed E-state index contributed by atoms with van der Waals surface area (Å²) in [6, 6.07) is 8.32. The number of amides is 2. The van der Waals surface area contributed by atoms with Crippen molar-refractivity contribution < 1.29 is 19.4 Å².